The Morgan fingerprint density at radius 1 is 0.643 bits per heavy atom. The third-order valence-corrected chi connectivity index (χ3v) is 7.76. The second-order valence-electron chi connectivity index (χ2n) is 10.1. The second-order valence-corrected chi connectivity index (χ2v) is 10.5. The lowest BCUT2D eigenvalue weighted by Crippen LogP contribution is -2.04. The first-order valence-electron chi connectivity index (χ1n) is 14.4. The minimum Gasteiger partial charge on any atom is -0.355 e. The molecule has 0 fully saturated rings. The molecular weight excluding hydrogens is 554 g/mol. The van der Waals surface area contributed by atoms with Crippen LogP contribution in [0, 0.1) is 23.3 Å². The molecule has 0 aromatic heterocycles. The summed E-state index contributed by atoms with van der Waals surface area (Å²) in [5.41, 5.74) is 8.84. The minimum atomic E-state index is -1.86. The Labute approximate surface area is 253 Å². The Kier molecular flexibility index (Phi) is 12.3. The zero-order chi connectivity index (χ0) is 30.8. The summed E-state index contributed by atoms with van der Waals surface area (Å²) in [4.78, 5) is -0.565. The van der Waals surface area contributed by atoms with Gasteiger partial charge >= 0.3 is 0 Å². The van der Waals surface area contributed by atoms with Gasteiger partial charge in [0.05, 0.1) is 4.90 Å². The number of aryl methyl sites for hydroxylation is 5. The number of halogens is 4. The van der Waals surface area contributed by atoms with E-state index in [-0.39, 0.29) is 12.0 Å². The number of hydrogen-bond donors (Lipinski definition) is 2. The fraction of sp³-hybridized carbons (Fsp3) is 0.278. The lowest BCUT2D eigenvalue weighted by Gasteiger charge is -2.16. The summed E-state index contributed by atoms with van der Waals surface area (Å²) in [5, 5.41) is 3.65. The molecule has 0 saturated heterocycles. The van der Waals surface area contributed by atoms with Gasteiger partial charge in [-0.1, -0.05) is 88.9 Å². The largest absolute Gasteiger partial charge is 0.355 e. The van der Waals surface area contributed by atoms with Crippen molar-refractivity contribution < 1.29 is 17.6 Å². The van der Waals surface area contributed by atoms with Crippen molar-refractivity contribution in [3.63, 3.8) is 0 Å². The highest BCUT2D eigenvalue weighted by Crippen LogP contribution is 2.33. The predicted molar refractivity (Wildman–Crippen MR) is 171 cm³/mol. The summed E-state index contributed by atoms with van der Waals surface area (Å²) in [6.07, 6.45) is 5.11. The van der Waals surface area contributed by atoms with Crippen molar-refractivity contribution in [2.45, 2.75) is 71.1 Å². The molecule has 0 bridgehead atoms. The fourth-order valence-electron chi connectivity index (χ4n) is 4.72. The molecule has 0 spiro atoms. The van der Waals surface area contributed by atoms with Gasteiger partial charge < -0.3 is 5.32 Å². The topological polar surface area (TPSA) is 12.0 Å². The van der Waals surface area contributed by atoms with Crippen molar-refractivity contribution in [2.24, 2.45) is 0 Å². The van der Waals surface area contributed by atoms with Crippen LogP contribution in [-0.2, 0) is 32.1 Å². The molecule has 42 heavy (non-hydrogen) atoms. The molecule has 0 radical (unpaired) electrons. The van der Waals surface area contributed by atoms with Gasteiger partial charge in [-0.2, -0.15) is 0 Å². The molecule has 0 aliphatic carbocycles. The van der Waals surface area contributed by atoms with Crippen LogP contribution in [-0.4, -0.2) is 0 Å². The van der Waals surface area contributed by atoms with Gasteiger partial charge in [0.25, 0.3) is 0 Å². The Morgan fingerprint density at radius 2 is 1.14 bits per heavy atom. The first kappa shape index (κ1) is 33.0. The van der Waals surface area contributed by atoms with E-state index in [1.54, 1.807) is 0 Å². The number of anilines is 2. The highest BCUT2D eigenvalue weighted by atomic mass is 32.1. The minimum absolute atomic E-state index is 0.166. The molecule has 4 aromatic rings. The number of thiol groups is 1. The van der Waals surface area contributed by atoms with Crippen LogP contribution in [0.1, 0.15) is 67.5 Å². The van der Waals surface area contributed by atoms with Crippen LogP contribution < -0.4 is 5.32 Å². The maximum Gasteiger partial charge on any atom is 0.198 e. The molecular formula is C36H39F4NS. The van der Waals surface area contributed by atoms with Gasteiger partial charge in [-0.3, -0.25) is 0 Å². The van der Waals surface area contributed by atoms with Gasteiger partial charge in [0.15, 0.2) is 23.3 Å². The van der Waals surface area contributed by atoms with Crippen LogP contribution >= 0.6 is 12.6 Å². The Bertz CT molecular complexity index is 1430. The highest BCUT2D eigenvalue weighted by molar-refractivity contribution is 7.80. The molecule has 0 aliphatic rings. The molecule has 0 saturated carbocycles. The van der Waals surface area contributed by atoms with Crippen molar-refractivity contribution in [1.29, 1.82) is 0 Å². The predicted octanol–water partition coefficient (Wildman–Crippen LogP) is 10.9. The first-order valence-corrected chi connectivity index (χ1v) is 14.9. The van der Waals surface area contributed by atoms with Crippen molar-refractivity contribution in [3.8, 4) is 0 Å². The molecule has 6 heteroatoms. The van der Waals surface area contributed by atoms with Gasteiger partial charge in [-0.25, -0.2) is 17.6 Å². The van der Waals surface area contributed by atoms with Crippen molar-refractivity contribution in [1.82, 2.24) is 0 Å². The lowest BCUT2D eigenvalue weighted by atomic mass is 9.98. The van der Waals surface area contributed by atoms with Crippen LogP contribution in [0.4, 0.5) is 28.9 Å². The van der Waals surface area contributed by atoms with Gasteiger partial charge in [0, 0.05) is 16.9 Å². The average Bonchev–Trinajstić information content (AvgIpc) is 3.03. The van der Waals surface area contributed by atoms with E-state index in [1.165, 1.54) is 33.6 Å². The van der Waals surface area contributed by atoms with Gasteiger partial charge in [0.1, 0.15) is 0 Å². The third kappa shape index (κ3) is 8.07. The average molecular weight is 594 g/mol. The number of nitrogens with one attached hydrogen (secondary N) is 1. The van der Waals surface area contributed by atoms with Crippen LogP contribution in [0.3, 0.4) is 0 Å². The SMILES string of the molecule is C=C(CCc1ccccc1)c1c(F)c(F)c(F)c(F)c1S.CCc1ccc(Nc2ccc(CC)cc2CC)c(CC)c1. The van der Waals surface area contributed by atoms with E-state index >= 15 is 0 Å². The van der Waals surface area contributed by atoms with E-state index in [4.69, 9.17) is 0 Å². The van der Waals surface area contributed by atoms with E-state index in [0.29, 0.717) is 6.42 Å². The lowest BCUT2D eigenvalue weighted by molar-refractivity contribution is 0.397. The van der Waals surface area contributed by atoms with Gasteiger partial charge in [-0.15, -0.1) is 12.6 Å². The summed E-state index contributed by atoms with van der Waals surface area (Å²) in [7, 11) is 0. The van der Waals surface area contributed by atoms with Crippen LogP contribution in [0.15, 0.2) is 78.2 Å². The summed E-state index contributed by atoms with van der Waals surface area (Å²) in [5.74, 6) is -6.68. The van der Waals surface area contributed by atoms with Gasteiger partial charge in [-0.05, 0) is 84.0 Å². The normalized spacial score (nSPS) is 10.7. The Morgan fingerprint density at radius 3 is 1.62 bits per heavy atom. The Balaban J connectivity index is 0.000000230. The monoisotopic (exact) mass is 593 g/mol. The molecule has 1 N–H and O–H groups in total. The second kappa shape index (κ2) is 15.6. The van der Waals surface area contributed by atoms with Crippen LogP contribution in [0.2, 0.25) is 0 Å². The third-order valence-electron chi connectivity index (χ3n) is 7.34. The summed E-state index contributed by atoms with van der Waals surface area (Å²) < 4.78 is 53.6. The first-order chi connectivity index (χ1) is 20.1. The van der Waals surface area contributed by atoms with E-state index in [0.717, 1.165) is 31.2 Å². The van der Waals surface area contributed by atoms with E-state index in [1.807, 2.05) is 30.3 Å². The van der Waals surface area contributed by atoms with Crippen molar-refractivity contribution >= 4 is 29.6 Å². The van der Waals surface area contributed by atoms with Crippen molar-refractivity contribution in [2.75, 3.05) is 5.32 Å². The zero-order valence-corrected chi connectivity index (χ0v) is 25.7. The molecule has 0 unspecified atom stereocenters. The molecule has 0 amide bonds. The molecule has 1 nitrogen and oxygen atoms in total. The van der Waals surface area contributed by atoms with Gasteiger partial charge in [0.2, 0.25) is 0 Å². The summed E-state index contributed by atoms with van der Waals surface area (Å²) >= 11 is 3.74. The number of hydrogen-bond acceptors (Lipinski definition) is 2. The van der Waals surface area contributed by atoms with Crippen LogP contribution in [0.5, 0.6) is 0 Å². The van der Waals surface area contributed by atoms with Crippen LogP contribution in [0.25, 0.3) is 5.57 Å². The molecule has 4 rings (SSSR count). The smallest absolute Gasteiger partial charge is 0.198 e. The molecule has 4 aromatic carbocycles. The molecule has 222 valence electrons. The number of allylic oxidation sites excluding steroid dienone is 1. The van der Waals surface area contributed by atoms with E-state index < -0.39 is 33.7 Å². The maximum absolute atomic E-state index is 13.8. The van der Waals surface area contributed by atoms with E-state index in [9.17, 15) is 17.6 Å². The zero-order valence-electron chi connectivity index (χ0n) is 24.8. The highest BCUT2D eigenvalue weighted by Gasteiger charge is 2.24. The maximum atomic E-state index is 13.8. The quantitative estimate of drug-likeness (QED) is 0.0807. The fourth-order valence-corrected chi connectivity index (χ4v) is 5.07. The molecule has 0 atom stereocenters. The number of rotatable bonds is 10. The summed E-state index contributed by atoms with van der Waals surface area (Å²) in [6.45, 7) is 12.5. The van der Waals surface area contributed by atoms with Crippen molar-refractivity contribution in [3.05, 3.63) is 130 Å². The summed E-state index contributed by atoms with van der Waals surface area (Å²) in [6, 6.07) is 22.9. The molecule has 0 heterocycles. The standard InChI is InChI=1S/C20H27N.C16H12F4S/c1-5-15-9-11-19(17(7-3)13-15)21-20-12-10-16(6-2)14-18(20)8-4;1-9(7-8-10-5-3-2-4-6-10)11-12(17)13(18)14(19)15(20)16(11)21/h9-14,21H,5-8H2,1-4H3;2-6,21H,1,7-8H2. The number of benzene rings is 4. The van der Waals surface area contributed by atoms with E-state index in [2.05, 4.69) is 88.6 Å². The molecule has 0 aliphatic heterocycles. The Hall–Kier alpha value is -3.51.